The Morgan fingerprint density at radius 1 is 1.42 bits per heavy atom. The Bertz CT molecular complexity index is 595. The highest BCUT2D eigenvalue weighted by molar-refractivity contribution is 5.72. The van der Waals surface area contributed by atoms with Gasteiger partial charge in [-0.15, -0.1) is 0 Å². The van der Waals surface area contributed by atoms with Crippen LogP contribution in [0.2, 0.25) is 0 Å². The van der Waals surface area contributed by atoms with Crippen molar-refractivity contribution in [2.45, 2.75) is 6.42 Å². The summed E-state index contributed by atoms with van der Waals surface area (Å²) in [6, 6.07) is 4.19. The summed E-state index contributed by atoms with van der Waals surface area (Å²) in [7, 11) is 2.81. The van der Waals surface area contributed by atoms with Crippen LogP contribution in [0.1, 0.15) is 5.82 Å². The van der Waals surface area contributed by atoms with Crippen LogP contribution < -0.4 is 4.74 Å². The van der Waals surface area contributed by atoms with Crippen molar-refractivity contribution >= 4 is 5.97 Å². The number of carbonyl (C=O) groups is 1. The molecule has 100 valence electrons. The topological polar surface area (TPSA) is 64.2 Å². The Kier molecular flexibility index (Phi) is 3.79. The number of aromatic nitrogens is 2. The number of hydrogen-bond acceptors (Lipinski definition) is 4. The van der Waals surface area contributed by atoms with Gasteiger partial charge in [0.1, 0.15) is 23.8 Å². The first-order chi connectivity index (χ1) is 9.13. The van der Waals surface area contributed by atoms with Gasteiger partial charge in [0.15, 0.2) is 0 Å². The summed E-state index contributed by atoms with van der Waals surface area (Å²) in [6.45, 7) is 0. The fraction of sp³-hybridized carbons (Fsp3) is 0.231. The molecule has 0 aliphatic rings. The fourth-order valence-corrected chi connectivity index (χ4v) is 1.69. The van der Waals surface area contributed by atoms with Crippen molar-refractivity contribution in [3.63, 3.8) is 0 Å². The Hall–Kier alpha value is -2.37. The van der Waals surface area contributed by atoms with Crippen LogP contribution in [0.5, 0.6) is 5.75 Å². The van der Waals surface area contributed by atoms with Gasteiger partial charge in [-0.05, 0) is 18.2 Å². The van der Waals surface area contributed by atoms with Gasteiger partial charge in [-0.2, -0.15) is 0 Å². The molecule has 2 aromatic rings. The number of benzene rings is 1. The maximum Gasteiger partial charge on any atom is 0.313 e. The van der Waals surface area contributed by atoms with E-state index in [4.69, 9.17) is 4.74 Å². The molecule has 0 aliphatic heterocycles. The lowest BCUT2D eigenvalue weighted by Crippen LogP contribution is -2.05. The predicted molar refractivity (Wildman–Crippen MR) is 66.3 cm³/mol. The number of nitrogens with one attached hydrogen (secondary N) is 1. The van der Waals surface area contributed by atoms with E-state index in [2.05, 4.69) is 14.7 Å². The lowest BCUT2D eigenvalue weighted by molar-refractivity contribution is -0.139. The summed E-state index contributed by atoms with van der Waals surface area (Å²) in [6.07, 6.45) is 1.56. The highest BCUT2D eigenvalue weighted by Gasteiger charge is 2.12. The molecule has 0 saturated heterocycles. The van der Waals surface area contributed by atoms with E-state index in [1.165, 1.54) is 38.6 Å². The second-order valence-electron chi connectivity index (χ2n) is 3.84. The van der Waals surface area contributed by atoms with Crippen LogP contribution in [0.25, 0.3) is 11.3 Å². The van der Waals surface area contributed by atoms with Crippen molar-refractivity contribution < 1.29 is 18.7 Å². The normalized spacial score (nSPS) is 10.3. The Morgan fingerprint density at radius 3 is 2.89 bits per heavy atom. The monoisotopic (exact) mass is 264 g/mol. The quantitative estimate of drug-likeness (QED) is 0.857. The summed E-state index contributed by atoms with van der Waals surface area (Å²) < 4.78 is 23.0. The molecular weight excluding hydrogens is 251 g/mol. The summed E-state index contributed by atoms with van der Waals surface area (Å²) in [4.78, 5) is 18.1. The molecule has 6 heteroatoms. The molecule has 0 spiro atoms. The van der Waals surface area contributed by atoms with E-state index in [-0.39, 0.29) is 12.2 Å². The van der Waals surface area contributed by atoms with Gasteiger partial charge in [0.05, 0.1) is 26.1 Å². The lowest BCUT2D eigenvalue weighted by atomic mass is 10.1. The third-order valence-corrected chi connectivity index (χ3v) is 2.62. The number of H-pyrrole nitrogens is 1. The van der Waals surface area contributed by atoms with Crippen LogP contribution in [0.15, 0.2) is 24.4 Å². The molecule has 1 aromatic carbocycles. The molecule has 0 saturated carbocycles. The molecule has 0 atom stereocenters. The Balaban J connectivity index is 2.32. The number of carbonyl (C=O) groups excluding carboxylic acids is 1. The minimum atomic E-state index is -0.396. The molecule has 0 radical (unpaired) electrons. The summed E-state index contributed by atoms with van der Waals surface area (Å²) >= 11 is 0. The predicted octanol–water partition coefficient (Wildman–Crippen LogP) is 1.94. The number of halogens is 1. The average Bonchev–Trinajstić information content (AvgIpc) is 2.86. The van der Waals surface area contributed by atoms with Crippen LogP contribution in [0.3, 0.4) is 0 Å². The molecule has 5 nitrogen and oxygen atoms in total. The van der Waals surface area contributed by atoms with Crippen molar-refractivity contribution in [1.82, 2.24) is 9.97 Å². The van der Waals surface area contributed by atoms with Crippen molar-refractivity contribution in [2.75, 3.05) is 14.2 Å². The van der Waals surface area contributed by atoms with Crippen molar-refractivity contribution in [2.24, 2.45) is 0 Å². The minimum Gasteiger partial charge on any atom is -0.496 e. The summed E-state index contributed by atoms with van der Waals surface area (Å²) in [5.74, 6) is 0.204. The molecule has 0 fully saturated rings. The van der Waals surface area contributed by atoms with Gasteiger partial charge in [-0.25, -0.2) is 9.37 Å². The van der Waals surface area contributed by atoms with E-state index in [0.717, 1.165) is 0 Å². The first-order valence-corrected chi connectivity index (χ1v) is 5.58. The van der Waals surface area contributed by atoms with Gasteiger partial charge >= 0.3 is 5.97 Å². The molecule has 0 unspecified atom stereocenters. The van der Waals surface area contributed by atoms with Crippen LogP contribution in [-0.2, 0) is 16.0 Å². The second-order valence-corrected chi connectivity index (χ2v) is 3.84. The van der Waals surface area contributed by atoms with E-state index >= 15 is 0 Å². The van der Waals surface area contributed by atoms with Gasteiger partial charge in [0, 0.05) is 5.56 Å². The van der Waals surface area contributed by atoms with E-state index in [9.17, 15) is 9.18 Å². The van der Waals surface area contributed by atoms with E-state index in [1.807, 2.05) is 0 Å². The van der Waals surface area contributed by atoms with Crippen LogP contribution in [-0.4, -0.2) is 30.2 Å². The molecule has 19 heavy (non-hydrogen) atoms. The van der Waals surface area contributed by atoms with Crippen LogP contribution >= 0.6 is 0 Å². The third kappa shape index (κ3) is 2.90. The van der Waals surface area contributed by atoms with Crippen molar-refractivity contribution in [3.8, 4) is 17.0 Å². The van der Waals surface area contributed by atoms with Crippen molar-refractivity contribution in [1.29, 1.82) is 0 Å². The first-order valence-electron chi connectivity index (χ1n) is 5.58. The standard InChI is InChI=1S/C13H13FN2O3/c1-18-11-4-3-8(14)5-9(11)10-7-15-12(16-10)6-13(17)19-2/h3-5,7H,6H2,1-2H3,(H,15,16). The van der Waals surface area contributed by atoms with E-state index < -0.39 is 5.97 Å². The molecule has 0 amide bonds. The molecule has 1 N–H and O–H groups in total. The average molecular weight is 264 g/mol. The number of ether oxygens (including phenoxy) is 2. The number of aromatic amines is 1. The minimum absolute atomic E-state index is 0.0358. The fourth-order valence-electron chi connectivity index (χ4n) is 1.69. The molecule has 2 rings (SSSR count). The number of esters is 1. The second kappa shape index (κ2) is 5.51. The maximum absolute atomic E-state index is 13.3. The highest BCUT2D eigenvalue weighted by atomic mass is 19.1. The third-order valence-electron chi connectivity index (χ3n) is 2.62. The van der Waals surface area contributed by atoms with E-state index in [1.54, 1.807) is 0 Å². The Labute approximate surface area is 109 Å². The number of methoxy groups -OCH3 is 2. The van der Waals surface area contributed by atoms with Gasteiger partial charge in [0.25, 0.3) is 0 Å². The van der Waals surface area contributed by atoms with E-state index in [0.29, 0.717) is 22.8 Å². The smallest absolute Gasteiger partial charge is 0.313 e. The zero-order chi connectivity index (χ0) is 13.8. The zero-order valence-electron chi connectivity index (χ0n) is 10.6. The number of nitrogens with zero attached hydrogens (tertiary/aromatic N) is 1. The zero-order valence-corrected chi connectivity index (χ0v) is 10.6. The summed E-state index contributed by atoms with van der Waals surface area (Å²) in [5, 5.41) is 0. The number of rotatable bonds is 4. The maximum atomic E-state index is 13.3. The van der Waals surface area contributed by atoms with Crippen LogP contribution in [0.4, 0.5) is 4.39 Å². The number of hydrogen-bond donors (Lipinski definition) is 1. The van der Waals surface area contributed by atoms with Gasteiger partial charge in [-0.1, -0.05) is 0 Å². The van der Waals surface area contributed by atoms with Crippen LogP contribution in [0, 0.1) is 5.82 Å². The largest absolute Gasteiger partial charge is 0.496 e. The van der Waals surface area contributed by atoms with Crippen molar-refractivity contribution in [3.05, 3.63) is 36.0 Å². The highest BCUT2D eigenvalue weighted by Crippen LogP contribution is 2.29. The molecule has 1 heterocycles. The Morgan fingerprint density at radius 2 is 2.21 bits per heavy atom. The molecular formula is C13H13FN2O3. The molecule has 1 aromatic heterocycles. The summed E-state index contributed by atoms with van der Waals surface area (Å²) in [5.41, 5.74) is 1.13. The van der Waals surface area contributed by atoms with Gasteiger partial charge in [0.2, 0.25) is 0 Å². The first kappa shape index (κ1) is 13.1. The SMILES string of the molecule is COC(=O)Cc1ncc(-c2cc(F)ccc2OC)[nH]1. The van der Waals surface area contributed by atoms with Gasteiger partial charge in [-0.3, -0.25) is 4.79 Å². The number of imidazole rings is 1. The molecule has 0 aliphatic carbocycles. The lowest BCUT2D eigenvalue weighted by Gasteiger charge is -2.06. The molecule has 0 bridgehead atoms. The van der Waals surface area contributed by atoms with Gasteiger partial charge < -0.3 is 14.5 Å².